The lowest BCUT2D eigenvalue weighted by Gasteiger charge is -2.33. The van der Waals surface area contributed by atoms with E-state index in [1.54, 1.807) is 0 Å². The molecule has 0 rings (SSSR count). The first-order valence-electron chi connectivity index (χ1n) is 3.73. The van der Waals surface area contributed by atoms with E-state index in [4.69, 9.17) is 5.32 Å². The van der Waals surface area contributed by atoms with E-state index in [0.29, 0.717) is 0 Å². The topological polar surface area (TPSA) is 14.1 Å². The zero-order chi connectivity index (χ0) is 14.1. The normalized spacial score (nSPS) is 15.2. The van der Waals surface area contributed by atoms with E-state index in [9.17, 15) is 0 Å². The Labute approximate surface area is 239 Å². The van der Waals surface area contributed by atoms with E-state index < -0.39 is 0 Å². The number of hydrogen-bond acceptors (Lipinski definition) is 0. The molecule has 0 spiro atoms. The summed E-state index contributed by atoms with van der Waals surface area (Å²) in [6.45, 7) is 1.77. The summed E-state index contributed by atoms with van der Waals surface area (Å²) >= 11 is 25.0. The molecule has 0 aromatic carbocycles. The first kappa shape index (κ1) is 24.3. The van der Waals surface area contributed by atoms with Crippen LogP contribution in [-0.2, 0) is 0 Å². The van der Waals surface area contributed by atoms with Crippen LogP contribution in [-0.4, -0.2) is 14.8 Å². The standard InChI is InChI=1S/C6H4I10N/c7-3(8,5(11,12)13)1-17-2-4(9,10)6(14,15)16/h1-2H2. The second-order valence-corrected chi connectivity index (χ2v) is 36.5. The van der Waals surface area contributed by atoms with Crippen molar-refractivity contribution in [3.05, 3.63) is 0 Å². The first-order valence-corrected chi connectivity index (χ1v) is 14.5. The molecule has 0 aliphatic carbocycles. The molecule has 0 amide bonds. The first-order chi connectivity index (χ1) is 7.21. The minimum atomic E-state index is 0.151. The molecule has 0 heterocycles. The van der Waals surface area contributed by atoms with Crippen LogP contribution in [0.2, 0.25) is 0 Å². The molecule has 1 radical (unpaired) electrons. The number of alkyl halides is 10. The Balaban J connectivity index is 4.36. The molecule has 0 unspecified atom stereocenters. The van der Waals surface area contributed by atoms with Gasteiger partial charge in [0.05, 0.1) is 0 Å². The molecule has 103 valence electrons. The summed E-state index contributed by atoms with van der Waals surface area (Å²) in [5.74, 6) is 0. The summed E-state index contributed by atoms with van der Waals surface area (Å²) < 4.78 is 0.663. The minimum Gasteiger partial charge on any atom is -0.237 e. The second kappa shape index (κ2) is 9.82. The lowest BCUT2D eigenvalue weighted by molar-refractivity contribution is 0.665. The van der Waals surface area contributed by atoms with Crippen molar-refractivity contribution in [2.45, 2.75) is 1.73 Å². The van der Waals surface area contributed by atoms with Crippen molar-refractivity contribution in [1.82, 2.24) is 5.32 Å². The number of nitrogens with zero attached hydrogens (tertiary/aromatic N) is 1. The lowest BCUT2D eigenvalue weighted by atomic mass is 10.4. The van der Waals surface area contributed by atoms with Gasteiger partial charge in [-0.1, -0.05) is 226 Å². The second-order valence-electron chi connectivity index (χ2n) is 2.94. The number of halogens is 10. The van der Waals surface area contributed by atoms with Gasteiger partial charge in [0, 0.05) is 13.1 Å². The highest BCUT2D eigenvalue weighted by molar-refractivity contribution is 14.3. The van der Waals surface area contributed by atoms with E-state index >= 15 is 0 Å². The Morgan fingerprint density at radius 3 is 0.941 bits per heavy atom. The fourth-order valence-electron chi connectivity index (χ4n) is 0.516. The van der Waals surface area contributed by atoms with Crippen molar-refractivity contribution in [3.8, 4) is 0 Å². The van der Waals surface area contributed by atoms with Gasteiger partial charge < -0.3 is 0 Å². The third kappa shape index (κ3) is 9.50. The van der Waals surface area contributed by atoms with Crippen LogP contribution in [0.5, 0.6) is 0 Å². The third-order valence-corrected chi connectivity index (χ3v) is 24.0. The fraction of sp³-hybridized carbons (Fsp3) is 1.00. The quantitative estimate of drug-likeness (QED) is 0.192. The zero-order valence-corrected chi connectivity index (χ0v) is 29.2. The molecule has 0 atom stereocenters. The summed E-state index contributed by atoms with van der Waals surface area (Å²) in [5.41, 5.74) is 0. The Hall–Kier alpha value is 7.26. The van der Waals surface area contributed by atoms with Gasteiger partial charge in [-0.3, -0.25) is 0 Å². The maximum Gasteiger partial charge on any atom is 0.149 e. The largest absolute Gasteiger partial charge is 0.237 e. The molecule has 0 bridgehead atoms. The van der Waals surface area contributed by atoms with Crippen LogP contribution in [0, 0.1) is 0 Å². The van der Waals surface area contributed by atoms with Gasteiger partial charge in [0.25, 0.3) is 0 Å². The van der Waals surface area contributed by atoms with Gasteiger partial charge in [0.15, 0.2) is 0 Å². The van der Waals surface area contributed by atoms with Crippen LogP contribution >= 0.6 is 226 Å². The van der Waals surface area contributed by atoms with Crippen molar-refractivity contribution in [1.29, 1.82) is 0 Å². The highest BCUT2D eigenvalue weighted by atomic mass is 127. The van der Waals surface area contributed by atoms with Crippen molar-refractivity contribution in [2.75, 3.05) is 13.1 Å². The van der Waals surface area contributed by atoms with Gasteiger partial charge in [-0.2, -0.15) is 0 Å². The molecule has 17 heavy (non-hydrogen) atoms. The molecule has 0 aromatic rings. The van der Waals surface area contributed by atoms with Gasteiger partial charge in [-0.05, 0) is 0 Å². The molecule has 0 saturated heterocycles. The average Bonchev–Trinajstić information content (AvgIpc) is 1.98. The van der Waals surface area contributed by atoms with Crippen LogP contribution in [0.25, 0.3) is 0 Å². The van der Waals surface area contributed by atoms with E-state index in [-0.39, 0.29) is 1.73 Å². The Morgan fingerprint density at radius 1 is 0.529 bits per heavy atom. The van der Waals surface area contributed by atoms with Crippen LogP contribution in [0.3, 0.4) is 0 Å². The summed E-state index contributed by atoms with van der Waals surface area (Å²) in [7, 11) is 0. The van der Waals surface area contributed by atoms with Crippen molar-refractivity contribution >= 4 is 226 Å². The van der Waals surface area contributed by atoms with Gasteiger partial charge in [0.2, 0.25) is 0 Å². The smallest absolute Gasteiger partial charge is 0.149 e. The highest BCUT2D eigenvalue weighted by Crippen LogP contribution is 2.56. The highest BCUT2D eigenvalue weighted by Gasteiger charge is 2.45. The number of rotatable bonds is 6. The van der Waals surface area contributed by atoms with Crippen molar-refractivity contribution < 1.29 is 0 Å². The third-order valence-electron chi connectivity index (χ3n) is 1.45. The number of hydrogen-bond donors (Lipinski definition) is 0. The molecular formula is C6H4I10N. The molecule has 1 nitrogen and oxygen atoms in total. The van der Waals surface area contributed by atoms with E-state index in [0.717, 1.165) is 13.1 Å². The summed E-state index contributed by atoms with van der Waals surface area (Å²) in [4.78, 5) is 0. The summed E-state index contributed by atoms with van der Waals surface area (Å²) in [6.07, 6.45) is 0. The Kier molecular flexibility index (Phi) is 14.0. The summed E-state index contributed by atoms with van der Waals surface area (Å²) in [6, 6.07) is 0. The predicted octanol–water partition coefficient (Wildman–Crippen LogP) is 7.64. The zero-order valence-electron chi connectivity index (χ0n) is 7.64. The molecule has 11 heteroatoms. The summed E-state index contributed by atoms with van der Waals surface area (Å²) in [5, 5.41) is 4.79. The molecule has 0 aliphatic rings. The maximum absolute atomic E-state index is 4.79. The van der Waals surface area contributed by atoms with Crippen molar-refractivity contribution in [2.24, 2.45) is 0 Å². The predicted molar refractivity (Wildman–Crippen MR) is 163 cm³/mol. The SMILES string of the molecule is IC(I)(I)C(I)(I)C[N]CC(I)(I)C(I)(I)I. The Morgan fingerprint density at radius 2 is 0.765 bits per heavy atom. The molecule has 0 aliphatic heterocycles. The van der Waals surface area contributed by atoms with Crippen LogP contribution in [0.1, 0.15) is 0 Å². The molecular weight excluding hydrogens is 1360 g/mol. The monoisotopic (exact) mass is 1360 g/mol. The average molecular weight is 1360 g/mol. The van der Waals surface area contributed by atoms with E-state index in [2.05, 4.69) is 226 Å². The molecule has 0 fully saturated rings. The van der Waals surface area contributed by atoms with Crippen LogP contribution < -0.4 is 5.32 Å². The van der Waals surface area contributed by atoms with Crippen LogP contribution in [0.4, 0.5) is 0 Å². The van der Waals surface area contributed by atoms with Gasteiger partial charge in [-0.15, -0.1) is 0 Å². The molecule has 0 aromatic heterocycles. The van der Waals surface area contributed by atoms with E-state index in [1.165, 1.54) is 0 Å². The van der Waals surface area contributed by atoms with E-state index in [1.807, 2.05) is 0 Å². The van der Waals surface area contributed by atoms with Gasteiger partial charge >= 0.3 is 0 Å². The maximum atomic E-state index is 4.79. The lowest BCUT2D eigenvalue weighted by Crippen LogP contribution is -2.42. The minimum absolute atomic E-state index is 0.151. The van der Waals surface area contributed by atoms with Crippen LogP contribution in [0.15, 0.2) is 0 Å². The van der Waals surface area contributed by atoms with Crippen molar-refractivity contribution in [3.63, 3.8) is 0 Å². The van der Waals surface area contributed by atoms with Gasteiger partial charge in [-0.25, -0.2) is 5.32 Å². The molecule has 0 N–H and O–H groups in total. The Bertz CT molecular complexity index is 225. The molecule has 0 saturated carbocycles. The fourth-order valence-corrected chi connectivity index (χ4v) is 2.50. The van der Waals surface area contributed by atoms with Gasteiger partial charge in [0.1, 0.15) is 1.73 Å².